The lowest BCUT2D eigenvalue weighted by Gasteiger charge is -2.12. The average molecular weight is 347 g/mol. The van der Waals surface area contributed by atoms with Gasteiger partial charge in [-0.05, 0) is 37.5 Å². The number of hydrogen-bond donors (Lipinski definition) is 4. The first-order valence-corrected chi connectivity index (χ1v) is 8.45. The van der Waals surface area contributed by atoms with Crippen LogP contribution in [0.15, 0.2) is 23.6 Å². The topological polar surface area (TPSA) is 109 Å². The number of carbonyl (C=O) groups excluding carboxylic acids is 2. The highest BCUT2D eigenvalue weighted by atomic mass is 32.1. The zero-order chi connectivity index (χ0) is 17.5. The molecule has 1 aromatic heterocycles. The Kier molecular flexibility index (Phi) is 6.14. The van der Waals surface area contributed by atoms with Crippen molar-refractivity contribution in [3.63, 3.8) is 0 Å². The summed E-state index contributed by atoms with van der Waals surface area (Å²) in [6.45, 7) is 2.32. The van der Waals surface area contributed by atoms with Gasteiger partial charge in [0.2, 0.25) is 0 Å². The van der Waals surface area contributed by atoms with Crippen molar-refractivity contribution in [1.29, 1.82) is 0 Å². The van der Waals surface area contributed by atoms with E-state index in [1.54, 1.807) is 32.2 Å². The summed E-state index contributed by atoms with van der Waals surface area (Å²) in [5.74, 6) is -0.181. The molecule has 0 unspecified atom stereocenters. The highest BCUT2D eigenvalue weighted by Crippen LogP contribution is 2.18. The molecule has 5 N–H and O–H groups in total. The molecule has 0 radical (unpaired) electrons. The average Bonchev–Trinajstić information content (AvgIpc) is 2.98. The Bertz CT molecular complexity index is 729. The molecule has 2 aromatic rings. The fourth-order valence-corrected chi connectivity index (χ4v) is 2.82. The third-order valence-corrected chi connectivity index (χ3v) is 4.24. The number of anilines is 2. The van der Waals surface area contributed by atoms with Crippen LogP contribution in [0.1, 0.15) is 28.0 Å². The van der Waals surface area contributed by atoms with Crippen molar-refractivity contribution in [2.75, 3.05) is 24.6 Å². The van der Waals surface area contributed by atoms with Crippen LogP contribution in [0.4, 0.5) is 15.6 Å². The van der Waals surface area contributed by atoms with Gasteiger partial charge in [-0.1, -0.05) is 6.07 Å². The van der Waals surface area contributed by atoms with E-state index in [2.05, 4.69) is 20.9 Å². The molecule has 3 amide bonds. The molecule has 0 saturated heterocycles. The van der Waals surface area contributed by atoms with Crippen LogP contribution in [0.2, 0.25) is 0 Å². The summed E-state index contributed by atoms with van der Waals surface area (Å²) < 4.78 is 0. The van der Waals surface area contributed by atoms with Gasteiger partial charge in [0, 0.05) is 30.2 Å². The van der Waals surface area contributed by atoms with Gasteiger partial charge in [0.05, 0.1) is 5.69 Å². The zero-order valence-corrected chi connectivity index (χ0v) is 14.5. The number of aryl methyl sites for hydroxylation is 1. The maximum atomic E-state index is 12.0. The van der Waals surface area contributed by atoms with E-state index in [4.69, 9.17) is 5.73 Å². The predicted molar refractivity (Wildman–Crippen MR) is 96.4 cm³/mol. The number of nitrogen functional groups attached to an aromatic ring is 1. The summed E-state index contributed by atoms with van der Waals surface area (Å²) in [6.07, 6.45) is 1.53. The molecular weight excluding hydrogens is 326 g/mol. The number of nitrogens with zero attached hydrogens (tertiary/aromatic N) is 1. The molecule has 8 heteroatoms. The second kappa shape index (κ2) is 8.30. The molecule has 0 aliphatic rings. The number of nitrogens with two attached hydrogens (primary N) is 1. The van der Waals surface area contributed by atoms with Gasteiger partial charge in [-0.25, -0.2) is 9.78 Å². The quantitative estimate of drug-likeness (QED) is 0.600. The maximum absolute atomic E-state index is 12.0. The standard InChI is InChI=1S/C16H21N5O2S/c1-10-12(14(22)18-2)6-3-7-13(10)21-16(23)19-8-4-5-11-9-24-15(17)20-11/h3,6-7,9H,4-5,8H2,1-2H3,(H2,17,20)(H,18,22)(H2,19,21,23). The van der Waals surface area contributed by atoms with Gasteiger partial charge in [0.1, 0.15) is 0 Å². The van der Waals surface area contributed by atoms with Gasteiger partial charge in [0.15, 0.2) is 5.13 Å². The van der Waals surface area contributed by atoms with E-state index < -0.39 is 0 Å². The van der Waals surface area contributed by atoms with Crippen molar-refractivity contribution < 1.29 is 9.59 Å². The van der Waals surface area contributed by atoms with E-state index in [1.165, 1.54) is 11.3 Å². The summed E-state index contributed by atoms with van der Waals surface area (Å²) in [5, 5.41) is 10.6. The number of carbonyl (C=O) groups is 2. The van der Waals surface area contributed by atoms with Crippen LogP contribution < -0.4 is 21.7 Å². The molecule has 0 spiro atoms. The third kappa shape index (κ3) is 4.69. The molecule has 0 aliphatic heterocycles. The van der Waals surface area contributed by atoms with Gasteiger partial charge >= 0.3 is 6.03 Å². The summed E-state index contributed by atoms with van der Waals surface area (Å²) in [5.41, 5.74) is 8.39. The number of hydrogen-bond acceptors (Lipinski definition) is 5. The van der Waals surface area contributed by atoms with Crippen molar-refractivity contribution >= 4 is 34.1 Å². The van der Waals surface area contributed by atoms with E-state index >= 15 is 0 Å². The molecule has 0 aliphatic carbocycles. The smallest absolute Gasteiger partial charge is 0.319 e. The normalized spacial score (nSPS) is 10.2. The van der Waals surface area contributed by atoms with Crippen LogP contribution in [0.25, 0.3) is 0 Å². The summed E-state index contributed by atoms with van der Waals surface area (Å²) in [6, 6.07) is 4.92. The van der Waals surface area contributed by atoms with E-state index in [0.717, 1.165) is 24.1 Å². The first-order chi connectivity index (χ1) is 11.5. The predicted octanol–water partition coefficient (Wildman–Crippen LogP) is 2.15. The maximum Gasteiger partial charge on any atom is 0.319 e. The summed E-state index contributed by atoms with van der Waals surface area (Å²) in [4.78, 5) is 27.9. The Morgan fingerprint density at radius 3 is 2.79 bits per heavy atom. The first kappa shape index (κ1) is 17.7. The van der Waals surface area contributed by atoms with Gasteiger partial charge in [-0.15, -0.1) is 11.3 Å². The van der Waals surface area contributed by atoms with E-state index in [-0.39, 0.29) is 11.9 Å². The molecule has 1 heterocycles. The molecular formula is C16H21N5O2S. The number of rotatable bonds is 6. The van der Waals surface area contributed by atoms with Crippen molar-refractivity contribution in [3.8, 4) is 0 Å². The molecule has 2 rings (SSSR count). The van der Waals surface area contributed by atoms with Gasteiger partial charge in [-0.3, -0.25) is 4.79 Å². The minimum Gasteiger partial charge on any atom is -0.375 e. The van der Waals surface area contributed by atoms with E-state index in [9.17, 15) is 9.59 Å². The SMILES string of the molecule is CNC(=O)c1cccc(NC(=O)NCCCc2csc(N)n2)c1C. The van der Waals surface area contributed by atoms with Crippen molar-refractivity contribution in [1.82, 2.24) is 15.6 Å². The Hall–Kier alpha value is -2.61. The monoisotopic (exact) mass is 347 g/mol. The number of aromatic nitrogens is 1. The highest BCUT2D eigenvalue weighted by Gasteiger charge is 2.11. The highest BCUT2D eigenvalue weighted by molar-refractivity contribution is 7.13. The molecule has 0 saturated carbocycles. The first-order valence-electron chi connectivity index (χ1n) is 7.57. The van der Waals surface area contributed by atoms with Crippen LogP contribution in [-0.2, 0) is 6.42 Å². The molecule has 0 bridgehead atoms. The van der Waals surface area contributed by atoms with Crippen molar-refractivity contribution in [2.45, 2.75) is 19.8 Å². The lowest BCUT2D eigenvalue weighted by atomic mass is 10.1. The third-order valence-electron chi connectivity index (χ3n) is 3.52. The molecule has 128 valence electrons. The van der Waals surface area contributed by atoms with Gasteiger partial charge in [0.25, 0.3) is 5.91 Å². The second-order valence-corrected chi connectivity index (χ2v) is 6.11. The lowest BCUT2D eigenvalue weighted by Crippen LogP contribution is -2.30. The number of nitrogens with one attached hydrogen (secondary N) is 3. The lowest BCUT2D eigenvalue weighted by molar-refractivity contribution is 0.0962. The van der Waals surface area contributed by atoms with Crippen LogP contribution in [0, 0.1) is 6.92 Å². The Labute approximate surface area is 144 Å². The Morgan fingerprint density at radius 2 is 2.12 bits per heavy atom. The van der Waals surface area contributed by atoms with Gasteiger partial charge < -0.3 is 21.7 Å². The van der Waals surface area contributed by atoms with Gasteiger partial charge in [-0.2, -0.15) is 0 Å². The van der Waals surface area contributed by atoms with Crippen LogP contribution >= 0.6 is 11.3 Å². The van der Waals surface area contributed by atoms with Crippen molar-refractivity contribution in [2.24, 2.45) is 0 Å². The largest absolute Gasteiger partial charge is 0.375 e. The number of benzene rings is 1. The minimum atomic E-state index is -0.301. The summed E-state index contributed by atoms with van der Waals surface area (Å²) >= 11 is 1.41. The number of thiazole rings is 1. The molecule has 0 fully saturated rings. The van der Waals surface area contributed by atoms with Crippen LogP contribution in [-0.4, -0.2) is 30.5 Å². The Balaban J connectivity index is 1.83. The second-order valence-electron chi connectivity index (χ2n) is 5.22. The van der Waals surface area contributed by atoms with Crippen molar-refractivity contribution in [3.05, 3.63) is 40.4 Å². The minimum absolute atomic E-state index is 0.181. The Morgan fingerprint density at radius 1 is 1.33 bits per heavy atom. The molecule has 0 atom stereocenters. The molecule has 7 nitrogen and oxygen atoms in total. The number of amides is 3. The van der Waals surface area contributed by atoms with Crippen LogP contribution in [0.5, 0.6) is 0 Å². The zero-order valence-electron chi connectivity index (χ0n) is 13.7. The summed E-state index contributed by atoms with van der Waals surface area (Å²) in [7, 11) is 1.57. The number of urea groups is 1. The fraction of sp³-hybridized carbons (Fsp3) is 0.312. The van der Waals surface area contributed by atoms with E-state index in [1.807, 2.05) is 5.38 Å². The van der Waals surface area contributed by atoms with Crippen LogP contribution in [0.3, 0.4) is 0 Å². The molecule has 1 aromatic carbocycles. The molecule has 24 heavy (non-hydrogen) atoms. The fourth-order valence-electron chi connectivity index (χ4n) is 2.23. The van der Waals surface area contributed by atoms with E-state index in [0.29, 0.717) is 22.9 Å².